The fourth-order valence-electron chi connectivity index (χ4n) is 14.5. The Hall–Kier alpha value is -8.87. The molecular formula is C89H80Cl9N16NaO2. The van der Waals surface area contributed by atoms with E-state index in [1.54, 1.807) is 48.7 Å². The number of anilines is 3. The van der Waals surface area contributed by atoms with Gasteiger partial charge < -0.3 is 32.9 Å². The van der Waals surface area contributed by atoms with Crippen LogP contribution in [-0.2, 0) is 0 Å². The molecule has 0 bridgehead atoms. The van der Waals surface area contributed by atoms with E-state index in [1.807, 2.05) is 147 Å². The van der Waals surface area contributed by atoms with Crippen molar-refractivity contribution in [1.82, 2.24) is 59.9 Å². The maximum absolute atomic E-state index is 10.4. The zero-order valence-electron chi connectivity index (χ0n) is 65.3. The maximum Gasteiger partial charge on any atom is 1.00 e. The molecule has 10 heterocycles. The minimum Gasteiger partial charge on any atom is -1.00 e. The van der Waals surface area contributed by atoms with E-state index in [9.17, 15) is 10.2 Å². The monoisotopic (exact) mass is 1740 g/mol. The van der Waals surface area contributed by atoms with E-state index in [0.29, 0.717) is 80.0 Å². The van der Waals surface area contributed by atoms with E-state index >= 15 is 0 Å². The summed E-state index contributed by atoms with van der Waals surface area (Å²) in [6, 6.07) is 70.0. The van der Waals surface area contributed by atoms with Gasteiger partial charge in [0.1, 0.15) is 61.2 Å². The summed E-state index contributed by atoms with van der Waals surface area (Å²) in [5, 5.41) is 56.2. The fraction of sp³-hybridized carbons (Fsp3) is 0.191. The first-order valence-corrected chi connectivity index (χ1v) is 41.1. The summed E-state index contributed by atoms with van der Waals surface area (Å²) in [5.74, 6) is 0. The Bertz CT molecular complexity index is 6130. The van der Waals surface area contributed by atoms with Gasteiger partial charge in [-0.2, -0.15) is 20.4 Å². The average Bonchev–Trinajstić information content (AvgIpc) is 1.57. The number of hydrogen-bond donors (Lipinski definition) is 7. The molecule has 8 aromatic heterocycles. The number of aliphatic hydroxyl groups is 2. The molecule has 8 N–H and O–H groups in total. The second-order valence-corrected chi connectivity index (χ2v) is 31.7. The Labute approximate surface area is 745 Å². The van der Waals surface area contributed by atoms with Gasteiger partial charge in [0.2, 0.25) is 0 Å². The zero-order chi connectivity index (χ0) is 81.3. The predicted molar refractivity (Wildman–Crippen MR) is 479 cm³/mol. The number of pyridine rings is 4. The van der Waals surface area contributed by atoms with Crippen molar-refractivity contribution in [3.05, 3.63) is 310 Å². The molecule has 592 valence electrons. The summed E-state index contributed by atoms with van der Waals surface area (Å²) < 4.78 is 4.22. The van der Waals surface area contributed by atoms with Crippen LogP contribution in [0.25, 0.3) is 89.2 Å². The number of aliphatic hydroxyl groups excluding tert-OH is 2. The Balaban J connectivity index is 0.000000140. The quantitative estimate of drug-likeness (QED) is 0.0420. The number of aromatic nitrogens is 12. The van der Waals surface area contributed by atoms with E-state index in [2.05, 4.69) is 123 Å². The van der Waals surface area contributed by atoms with Crippen LogP contribution < -0.4 is 50.8 Å². The number of hydrogen-bond acceptors (Lipinski definition) is 14. The number of benzene rings is 8. The van der Waals surface area contributed by atoms with Gasteiger partial charge in [-0.3, -0.25) is 29.5 Å². The van der Waals surface area contributed by atoms with Gasteiger partial charge in [-0.1, -0.05) is 252 Å². The number of halogens is 9. The molecule has 0 spiro atoms. The van der Waals surface area contributed by atoms with Gasteiger partial charge in [0.05, 0.1) is 72.2 Å². The van der Waals surface area contributed by atoms with Gasteiger partial charge in [0.25, 0.3) is 0 Å². The molecule has 0 saturated carbocycles. The van der Waals surface area contributed by atoms with Crippen LogP contribution in [0, 0.1) is 13.8 Å². The van der Waals surface area contributed by atoms with Gasteiger partial charge >= 0.3 is 29.6 Å². The summed E-state index contributed by atoms with van der Waals surface area (Å²) >= 11 is 55.9. The van der Waals surface area contributed by atoms with Crippen LogP contribution in [0.1, 0.15) is 98.9 Å². The molecule has 18 rings (SSSR count). The summed E-state index contributed by atoms with van der Waals surface area (Å²) in [6.07, 6.45) is 7.23. The summed E-state index contributed by atoms with van der Waals surface area (Å²) in [7, 11) is 0. The van der Waals surface area contributed by atoms with E-state index < -0.39 is 12.2 Å². The largest absolute Gasteiger partial charge is 1.00 e. The molecule has 4 atom stereocenters. The van der Waals surface area contributed by atoms with Crippen LogP contribution in [0.2, 0.25) is 45.2 Å². The molecule has 28 heteroatoms. The number of nitrogens with two attached hydrogens (primary N) is 1. The van der Waals surface area contributed by atoms with Gasteiger partial charge in [0.15, 0.2) is 0 Å². The molecule has 117 heavy (non-hydrogen) atoms. The van der Waals surface area contributed by atoms with Crippen LogP contribution in [-0.4, -0.2) is 102 Å². The van der Waals surface area contributed by atoms with Gasteiger partial charge in [-0.25, -0.2) is 9.97 Å². The predicted octanol–water partition coefficient (Wildman–Crippen LogP) is 21.3. The van der Waals surface area contributed by atoms with Crippen LogP contribution >= 0.6 is 104 Å². The van der Waals surface area contributed by atoms with Crippen LogP contribution in [0.15, 0.2) is 231 Å². The summed E-state index contributed by atoms with van der Waals surface area (Å²) in [6.45, 7) is 10.6. The van der Waals surface area contributed by atoms with Crippen molar-refractivity contribution >= 4 is 166 Å². The minimum absolute atomic E-state index is 0. The SMILES string of the molecule is CCCC(CCC)N1CC(c2ccccc2)n2nc(-c3ccc(Cl)cc3Cl)c3nccc1c32.Cc1cc(Cl)c2n[nH]c(-c3ccc(Cl)cc3Cl)c2n1.Cc1cc(NCC(O)c2ccccc2)c2[nH]nc(-c3ccc(Cl)cc3Cl)c2n1.Clc1ccc(-c2nn3c4c(ccnc24)NCC3c2ccccc2)c(Cl)c1.NCC(O)c1ccccc1.[H-].[Na+]. The molecular weight excluding hydrogens is 1670 g/mol. The van der Waals surface area contributed by atoms with Gasteiger partial charge in [-0.05, 0) is 146 Å². The smallest absolute Gasteiger partial charge is 1.00 e. The molecule has 16 aromatic rings. The van der Waals surface area contributed by atoms with Crippen molar-refractivity contribution in [1.29, 1.82) is 0 Å². The third-order valence-electron chi connectivity index (χ3n) is 20.0. The molecule has 2 aliphatic heterocycles. The van der Waals surface area contributed by atoms with Gasteiger partial charge in [0, 0.05) is 98.3 Å². The van der Waals surface area contributed by atoms with E-state index in [4.69, 9.17) is 125 Å². The van der Waals surface area contributed by atoms with Crippen molar-refractivity contribution in [3.8, 4) is 45.0 Å². The Morgan fingerprint density at radius 3 is 1.49 bits per heavy atom. The van der Waals surface area contributed by atoms with Crippen LogP contribution in [0.3, 0.4) is 0 Å². The molecule has 0 radical (unpaired) electrons. The Kier molecular flexibility index (Phi) is 28.9. The molecule has 8 aromatic carbocycles. The first kappa shape index (κ1) is 86.0. The van der Waals surface area contributed by atoms with E-state index in [-0.39, 0.29) is 49.6 Å². The number of aryl methyl sites for hydroxylation is 2. The van der Waals surface area contributed by atoms with Crippen molar-refractivity contribution < 1.29 is 41.2 Å². The number of nitrogens with one attached hydrogen (secondary N) is 4. The molecule has 2 aliphatic rings. The normalized spacial score (nSPS) is 13.8. The number of aromatic amines is 2. The summed E-state index contributed by atoms with van der Waals surface area (Å²) in [5.41, 5.74) is 27.0. The van der Waals surface area contributed by atoms with Crippen molar-refractivity contribution in [2.75, 3.05) is 41.7 Å². The Morgan fingerprint density at radius 1 is 0.487 bits per heavy atom. The third-order valence-corrected chi connectivity index (χ3v) is 22.5. The van der Waals surface area contributed by atoms with E-state index in [0.717, 1.165) is 127 Å². The molecule has 0 fully saturated rings. The maximum atomic E-state index is 10.4. The van der Waals surface area contributed by atoms with Crippen molar-refractivity contribution in [2.45, 2.75) is 83.7 Å². The van der Waals surface area contributed by atoms with Crippen molar-refractivity contribution in [2.24, 2.45) is 5.73 Å². The standard InChI is InChI=1S/C27H28Cl2N4.C21H18Cl2N4O.C20H14Cl2N4.C13H8Cl3N3.C8H11NO.Na.H/c1-3-8-20(9-4-2)32-17-24(18-10-6-5-7-11-18)33-27-23(32)14-15-30-26(27)25(31-33)21-13-12-19(28)16-22(21)29;1-12-9-17(24-11-18(28)13-5-3-2-4-6-13)20-21(25-12)19(26-27-20)15-8-7-14(22)10-16(15)23;21-13-6-7-14(15(22)10-13)18-19-20-16(8-9-23-19)24-11-17(26(20)25-18)12-4-2-1-3-5-12;1-6-4-10(16)12-13(17-6)11(18-19-12)8-3-2-7(14)5-9(8)15;9-6-8(10)7-4-2-1-3-5-7;;/h5-7,10-16,20,24H,3-4,8-9,17H2,1-2H3;2-10,18,28H,11H2,1H3,(H,24,25)(H,26,27);1-10,17,24H,11H2;2-5H,1H3,(H,18,19);1-5,8,10H,6,9H2;;/q;;;;;+1;-1. The number of H-pyrrole nitrogens is 2. The summed E-state index contributed by atoms with van der Waals surface area (Å²) in [4.78, 5) is 21.1. The second kappa shape index (κ2) is 39.3. The van der Waals surface area contributed by atoms with Crippen LogP contribution in [0.5, 0.6) is 0 Å². The van der Waals surface area contributed by atoms with Gasteiger partial charge in [-0.15, -0.1) is 0 Å². The first-order valence-electron chi connectivity index (χ1n) is 37.7. The second-order valence-electron chi connectivity index (χ2n) is 27.9. The van der Waals surface area contributed by atoms with Crippen molar-refractivity contribution in [3.63, 3.8) is 0 Å². The first-order chi connectivity index (χ1) is 56.3. The average molecular weight is 1750 g/mol. The zero-order valence-corrected chi connectivity index (χ0v) is 73.1. The molecule has 18 nitrogen and oxygen atoms in total. The number of rotatable bonds is 17. The Morgan fingerprint density at radius 2 is 0.957 bits per heavy atom. The minimum atomic E-state index is -0.627. The fourth-order valence-corrected chi connectivity index (χ4v) is 16.8. The number of nitrogens with zero attached hydrogens (tertiary/aromatic N) is 11. The topological polar surface area (TPSA) is 238 Å². The third kappa shape index (κ3) is 19.4. The number of fused-ring (bicyclic) bond motifs is 2. The molecule has 0 aliphatic carbocycles. The van der Waals surface area contributed by atoms with Crippen LogP contribution in [0.4, 0.5) is 17.1 Å². The molecule has 4 unspecified atom stereocenters. The molecule has 0 saturated heterocycles. The molecule has 0 amide bonds. The van der Waals surface area contributed by atoms with E-state index in [1.165, 1.54) is 29.7 Å².